The van der Waals surface area contributed by atoms with Crippen LogP contribution in [0.3, 0.4) is 0 Å². The van der Waals surface area contributed by atoms with Crippen LogP contribution in [0.2, 0.25) is 0 Å². The Morgan fingerprint density at radius 1 is 1.50 bits per heavy atom. The summed E-state index contributed by atoms with van der Waals surface area (Å²) in [4.78, 5) is 25.0. The zero-order valence-corrected chi connectivity index (χ0v) is 7.58. The van der Waals surface area contributed by atoms with Gasteiger partial charge in [-0.25, -0.2) is 0 Å². The molecular formula is C7H11NO6. The molecule has 7 heteroatoms. The van der Waals surface area contributed by atoms with Crippen LogP contribution in [0.1, 0.15) is 12.8 Å². The van der Waals surface area contributed by atoms with Crippen molar-refractivity contribution in [2.45, 2.75) is 25.0 Å². The fourth-order valence-corrected chi connectivity index (χ4v) is 1.63. The second-order valence-electron chi connectivity index (χ2n) is 3.15. The Balaban J connectivity index is 2.57. The molecule has 80 valence electrons. The average Bonchev–Trinajstić information content (AvgIpc) is 2.46. The molecule has 0 amide bonds. The van der Waals surface area contributed by atoms with Gasteiger partial charge in [-0.15, -0.1) is 10.1 Å². The Hall–Kier alpha value is -1.37. The molecule has 0 radical (unpaired) electrons. The van der Waals surface area contributed by atoms with Crippen LogP contribution in [0.25, 0.3) is 0 Å². The molecule has 1 fully saturated rings. The lowest BCUT2D eigenvalue weighted by molar-refractivity contribution is -0.770. The second-order valence-corrected chi connectivity index (χ2v) is 3.15. The fraction of sp³-hybridized carbons (Fsp3) is 0.857. The van der Waals surface area contributed by atoms with Crippen LogP contribution in [0.5, 0.6) is 0 Å². The highest BCUT2D eigenvalue weighted by Gasteiger charge is 2.40. The molecule has 0 aromatic carbocycles. The average molecular weight is 205 g/mol. The molecule has 0 heterocycles. The number of ether oxygens (including phenoxy) is 1. The van der Waals surface area contributed by atoms with Gasteiger partial charge in [-0.3, -0.25) is 4.79 Å². The van der Waals surface area contributed by atoms with Crippen LogP contribution in [0, 0.1) is 16.0 Å². The summed E-state index contributed by atoms with van der Waals surface area (Å²) in [5, 5.41) is 17.9. The Morgan fingerprint density at radius 3 is 2.50 bits per heavy atom. The number of carbonyl (C=O) groups is 1. The molecule has 0 unspecified atom stereocenters. The topological polar surface area (TPSA) is 98.9 Å². The zero-order chi connectivity index (χ0) is 10.7. The number of aliphatic carboxylic acids is 1. The van der Waals surface area contributed by atoms with Gasteiger partial charge < -0.3 is 14.7 Å². The normalized spacial score (nSPS) is 31.4. The number of carboxylic acids is 1. The van der Waals surface area contributed by atoms with Crippen molar-refractivity contribution in [1.29, 1.82) is 0 Å². The van der Waals surface area contributed by atoms with E-state index in [0.29, 0.717) is 0 Å². The van der Waals surface area contributed by atoms with Crippen molar-refractivity contribution in [3.8, 4) is 0 Å². The summed E-state index contributed by atoms with van der Waals surface area (Å²) < 4.78 is 4.91. The maximum atomic E-state index is 10.6. The van der Waals surface area contributed by atoms with E-state index in [0.717, 1.165) is 0 Å². The van der Waals surface area contributed by atoms with Crippen LogP contribution in [0.4, 0.5) is 0 Å². The molecule has 0 aromatic rings. The van der Waals surface area contributed by atoms with Crippen LogP contribution in [0.15, 0.2) is 0 Å². The Kier molecular flexibility index (Phi) is 3.23. The second kappa shape index (κ2) is 4.23. The molecule has 3 atom stereocenters. The van der Waals surface area contributed by atoms with E-state index in [1.54, 1.807) is 0 Å². The SMILES string of the molecule is CO[C@H]1C[C@H](C(=O)O)C[C@H]1O[N+](=O)[O-]. The number of hydrogen-bond acceptors (Lipinski definition) is 5. The van der Waals surface area contributed by atoms with E-state index in [-0.39, 0.29) is 12.8 Å². The van der Waals surface area contributed by atoms with Gasteiger partial charge in [0.25, 0.3) is 5.09 Å². The highest BCUT2D eigenvalue weighted by Crippen LogP contribution is 2.30. The first-order valence-electron chi connectivity index (χ1n) is 4.11. The summed E-state index contributed by atoms with van der Waals surface area (Å²) in [6.07, 6.45) is -0.906. The Morgan fingerprint density at radius 2 is 2.07 bits per heavy atom. The highest BCUT2D eigenvalue weighted by molar-refractivity contribution is 5.70. The number of methoxy groups -OCH3 is 1. The van der Waals surface area contributed by atoms with E-state index in [4.69, 9.17) is 9.84 Å². The third kappa shape index (κ3) is 2.32. The van der Waals surface area contributed by atoms with Crippen molar-refractivity contribution >= 4 is 5.97 Å². The first kappa shape index (κ1) is 10.7. The van der Waals surface area contributed by atoms with Crippen molar-refractivity contribution < 1.29 is 24.6 Å². The van der Waals surface area contributed by atoms with Gasteiger partial charge in [0, 0.05) is 7.11 Å². The molecule has 0 saturated heterocycles. The lowest BCUT2D eigenvalue weighted by atomic mass is 10.1. The van der Waals surface area contributed by atoms with Gasteiger partial charge in [0.05, 0.1) is 12.0 Å². The molecule has 14 heavy (non-hydrogen) atoms. The van der Waals surface area contributed by atoms with Gasteiger partial charge >= 0.3 is 5.97 Å². The largest absolute Gasteiger partial charge is 0.481 e. The van der Waals surface area contributed by atoms with E-state index >= 15 is 0 Å². The number of hydrogen-bond donors (Lipinski definition) is 1. The molecule has 0 aromatic heterocycles. The molecule has 1 N–H and O–H groups in total. The minimum atomic E-state index is -0.971. The predicted molar refractivity (Wildman–Crippen MR) is 43.0 cm³/mol. The van der Waals surface area contributed by atoms with Gasteiger partial charge in [0.2, 0.25) is 0 Å². The number of carboxylic acid groups (broad SMARTS) is 1. The smallest absolute Gasteiger partial charge is 0.306 e. The molecule has 1 rings (SSSR count). The minimum Gasteiger partial charge on any atom is -0.481 e. The molecule has 0 aliphatic heterocycles. The first-order chi connectivity index (χ1) is 6.54. The van der Waals surface area contributed by atoms with E-state index < -0.39 is 29.2 Å². The summed E-state index contributed by atoms with van der Waals surface area (Å²) >= 11 is 0. The number of nitrogens with zero attached hydrogens (tertiary/aromatic N) is 1. The van der Waals surface area contributed by atoms with Gasteiger partial charge in [0.15, 0.2) is 0 Å². The summed E-state index contributed by atoms with van der Waals surface area (Å²) in [7, 11) is 1.38. The predicted octanol–water partition coefficient (Wildman–Crippen LogP) is 0.0729. The quantitative estimate of drug-likeness (QED) is 0.515. The van der Waals surface area contributed by atoms with E-state index in [2.05, 4.69) is 4.84 Å². The van der Waals surface area contributed by atoms with Gasteiger partial charge in [0.1, 0.15) is 6.10 Å². The van der Waals surface area contributed by atoms with Crippen LogP contribution in [-0.2, 0) is 14.4 Å². The maximum absolute atomic E-state index is 10.6. The van der Waals surface area contributed by atoms with Crippen LogP contribution in [-0.4, -0.2) is 35.5 Å². The van der Waals surface area contributed by atoms with Crippen LogP contribution >= 0.6 is 0 Å². The zero-order valence-electron chi connectivity index (χ0n) is 7.58. The first-order valence-corrected chi connectivity index (χ1v) is 4.11. The Labute approximate surface area is 79.7 Å². The van der Waals surface area contributed by atoms with Gasteiger partial charge in [-0.05, 0) is 12.8 Å². The molecule has 0 bridgehead atoms. The summed E-state index contributed by atoms with van der Waals surface area (Å²) in [6.45, 7) is 0. The Bertz CT molecular complexity index is 242. The maximum Gasteiger partial charge on any atom is 0.306 e. The van der Waals surface area contributed by atoms with E-state index in [1.165, 1.54) is 7.11 Å². The molecule has 1 aliphatic rings. The third-order valence-electron chi connectivity index (χ3n) is 2.32. The van der Waals surface area contributed by atoms with Crippen molar-refractivity contribution in [3.63, 3.8) is 0 Å². The van der Waals surface area contributed by atoms with Crippen molar-refractivity contribution in [3.05, 3.63) is 10.1 Å². The monoisotopic (exact) mass is 205 g/mol. The molecular weight excluding hydrogens is 194 g/mol. The highest BCUT2D eigenvalue weighted by atomic mass is 17.0. The van der Waals surface area contributed by atoms with Crippen LogP contribution < -0.4 is 0 Å². The standard InChI is InChI=1S/C7H11NO6/c1-13-5-2-4(7(9)10)3-6(5)14-8(11)12/h4-6H,2-3H2,1H3,(H,9,10)/t4-,5-,6+/m0/s1. The lowest BCUT2D eigenvalue weighted by Gasteiger charge is -2.14. The molecule has 1 aliphatic carbocycles. The van der Waals surface area contributed by atoms with Gasteiger partial charge in [-0.1, -0.05) is 0 Å². The fourth-order valence-electron chi connectivity index (χ4n) is 1.63. The lowest BCUT2D eigenvalue weighted by Crippen LogP contribution is -2.27. The third-order valence-corrected chi connectivity index (χ3v) is 2.32. The number of rotatable bonds is 4. The summed E-state index contributed by atoms with van der Waals surface area (Å²) in [5.41, 5.74) is 0. The van der Waals surface area contributed by atoms with E-state index in [9.17, 15) is 14.9 Å². The van der Waals surface area contributed by atoms with Crippen molar-refractivity contribution in [2.75, 3.05) is 7.11 Å². The summed E-state index contributed by atoms with van der Waals surface area (Å²) in [5.74, 6) is -1.59. The van der Waals surface area contributed by atoms with Crippen molar-refractivity contribution in [2.24, 2.45) is 5.92 Å². The van der Waals surface area contributed by atoms with Gasteiger partial charge in [-0.2, -0.15) is 0 Å². The molecule has 7 nitrogen and oxygen atoms in total. The minimum absolute atomic E-state index is 0.120. The van der Waals surface area contributed by atoms with Crippen molar-refractivity contribution in [1.82, 2.24) is 0 Å². The molecule has 0 spiro atoms. The van der Waals surface area contributed by atoms with E-state index in [1.807, 2.05) is 0 Å². The molecule has 1 saturated carbocycles. The summed E-state index contributed by atoms with van der Waals surface area (Å²) in [6, 6.07) is 0.